The van der Waals surface area contributed by atoms with Crippen molar-refractivity contribution in [2.24, 2.45) is 5.92 Å². The lowest BCUT2D eigenvalue weighted by Gasteiger charge is -2.14. The van der Waals surface area contributed by atoms with E-state index in [4.69, 9.17) is 0 Å². The van der Waals surface area contributed by atoms with Gasteiger partial charge in [-0.2, -0.15) is 0 Å². The maximum absolute atomic E-state index is 12.4. The van der Waals surface area contributed by atoms with E-state index in [-0.39, 0.29) is 30.1 Å². The zero-order chi connectivity index (χ0) is 19.1. The Morgan fingerprint density at radius 3 is 2.62 bits per heavy atom. The number of carbonyl (C=O) groups is 3. The highest BCUT2D eigenvalue weighted by Crippen LogP contribution is 2.31. The van der Waals surface area contributed by atoms with Crippen LogP contribution in [0.5, 0.6) is 0 Å². The van der Waals surface area contributed by atoms with Gasteiger partial charge >= 0.3 is 0 Å². The van der Waals surface area contributed by atoms with Gasteiger partial charge in [-0.05, 0) is 36.2 Å². The Bertz CT molecular complexity index is 698. The highest BCUT2D eigenvalue weighted by Gasteiger charge is 2.34. The molecule has 1 atom stereocenters. The fourth-order valence-corrected chi connectivity index (χ4v) is 3.66. The van der Waals surface area contributed by atoms with E-state index in [1.165, 1.54) is 4.90 Å². The highest BCUT2D eigenvalue weighted by molar-refractivity contribution is 8.18. The van der Waals surface area contributed by atoms with Gasteiger partial charge in [0, 0.05) is 19.5 Å². The Hall–Kier alpha value is -2.08. The van der Waals surface area contributed by atoms with E-state index in [1.54, 1.807) is 6.08 Å². The van der Waals surface area contributed by atoms with E-state index >= 15 is 0 Å². The van der Waals surface area contributed by atoms with E-state index in [0.29, 0.717) is 17.2 Å². The molecule has 1 aliphatic heterocycles. The van der Waals surface area contributed by atoms with Gasteiger partial charge in [-0.25, -0.2) is 0 Å². The molecule has 0 saturated carbocycles. The molecule has 1 aromatic carbocycles. The van der Waals surface area contributed by atoms with Gasteiger partial charge in [-0.15, -0.1) is 0 Å². The normalized spacial score (nSPS) is 17.0. The first kappa shape index (κ1) is 20.2. The summed E-state index contributed by atoms with van der Waals surface area (Å²) in [4.78, 5) is 38.0. The predicted octanol–water partition coefficient (Wildman–Crippen LogP) is 3.97. The monoisotopic (exact) mass is 374 g/mol. The summed E-state index contributed by atoms with van der Waals surface area (Å²) in [5.41, 5.74) is 2.03. The largest absolute Gasteiger partial charge is 0.354 e. The number of carbonyl (C=O) groups excluding carboxylic acids is 3. The Kier molecular flexibility index (Phi) is 7.45. The molecule has 1 unspecified atom stereocenters. The van der Waals surface area contributed by atoms with Crippen LogP contribution in [0.4, 0.5) is 4.79 Å². The third-order valence-electron chi connectivity index (χ3n) is 4.22. The lowest BCUT2D eigenvalue weighted by atomic mass is 10.0. The van der Waals surface area contributed by atoms with Crippen LogP contribution >= 0.6 is 11.8 Å². The molecule has 1 N–H and O–H groups in total. The second-order valence-corrected chi connectivity index (χ2v) is 7.69. The second kappa shape index (κ2) is 9.57. The van der Waals surface area contributed by atoms with Crippen LogP contribution < -0.4 is 5.32 Å². The fourth-order valence-electron chi connectivity index (χ4n) is 2.80. The molecule has 6 heteroatoms. The van der Waals surface area contributed by atoms with Crippen LogP contribution in [-0.2, 0) is 9.59 Å². The number of aryl methyl sites for hydroxylation is 1. The number of imide groups is 1. The summed E-state index contributed by atoms with van der Waals surface area (Å²) in [5, 5.41) is 2.51. The molecule has 3 amide bonds. The third kappa shape index (κ3) is 5.73. The van der Waals surface area contributed by atoms with E-state index < -0.39 is 0 Å². The molecule has 26 heavy (non-hydrogen) atoms. The van der Waals surface area contributed by atoms with Crippen molar-refractivity contribution in [3.8, 4) is 0 Å². The number of hydrogen-bond donors (Lipinski definition) is 1. The highest BCUT2D eigenvalue weighted by atomic mass is 32.2. The number of benzene rings is 1. The molecule has 0 spiro atoms. The van der Waals surface area contributed by atoms with E-state index in [1.807, 2.05) is 31.2 Å². The predicted molar refractivity (Wildman–Crippen MR) is 106 cm³/mol. The van der Waals surface area contributed by atoms with Crippen LogP contribution in [0, 0.1) is 12.8 Å². The molecule has 1 aliphatic rings. The summed E-state index contributed by atoms with van der Waals surface area (Å²) in [5.74, 6) is 0.0111. The number of thioether (sulfide) groups is 1. The minimum Gasteiger partial charge on any atom is -0.354 e. The smallest absolute Gasteiger partial charge is 0.293 e. The molecule has 0 bridgehead atoms. The van der Waals surface area contributed by atoms with Crippen LogP contribution in [0.25, 0.3) is 6.08 Å². The van der Waals surface area contributed by atoms with Gasteiger partial charge in [0.25, 0.3) is 11.1 Å². The number of hydrogen-bond acceptors (Lipinski definition) is 4. The van der Waals surface area contributed by atoms with Crippen molar-refractivity contribution in [2.75, 3.05) is 13.1 Å². The minimum absolute atomic E-state index is 0.0341. The summed E-state index contributed by atoms with van der Waals surface area (Å²) >= 11 is 0.943. The fraction of sp³-hybridized carbons (Fsp3) is 0.450. The molecule has 140 valence electrons. The zero-order valence-corrected chi connectivity index (χ0v) is 16.4. The van der Waals surface area contributed by atoms with Crippen LogP contribution in [-0.4, -0.2) is 35.0 Å². The van der Waals surface area contributed by atoms with Crippen LogP contribution in [0.3, 0.4) is 0 Å². The summed E-state index contributed by atoms with van der Waals surface area (Å²) in [7, 11) is 0. The van der Waals surface area contributed by atoms with Gasteiger partial charge in [0.15, 0.2) is 0 Å². The Labute approximate surface area is 159 Å². The molecule has 1 saturated heterocycles. The molecule has 2 rings (SSSR count). The molecule has 0 aliphatic carbocycles. The topological polar surface area (TPSA) is 66.5 Å². The standard InChI is InChI=1S/C20H26N2O3S/c1-4-5-15(3)12-18(23)21-10-11-22-19(24)17(26-20(22)25)13-16-8-6-14(2)7-9-16/h6-9,13,15H,4-5,10-12H2,1-3H3,(H,21,23)/b17-13+. The third-order valence-corrected chi connectivity index (χ3v) is 5.13. The maximum Gasteiger partial charge on any atom is 0.293 e. The van der Waals surface area contributed by atoms with Gasteiger partial charge in [0.1, 0.15) is 0 Å². The molecule has 1 heterocycles. The average molecular weight is 375 g/mol. The minimum atomic E-state index is -0.297. The van der Waals surface area contributed by atoms with Gasteiger partial charge in [0.05, 0.1) is 4.91 Å². The first-order chi connectivity index (χ1) is 12.4. The quantitative estimate of drug-likeness (QED) is 0.699. The maximum atomic E-state index is 12.4. The molecular formula is C20H26N2O3S. The Morgan fingerprint density at radius 2 is 1.96 bits per heavy atom. The first-order valence-corrected chi connectivity index (χ1v) is 9.81. The van der Waals surface area contributed by atoms with Gasteiger partial charge in [-0.3, -0.25) is 19.3 Å². The van der Waals surface area contributed by atoms with Crippen molar-refractivity contribution in [3.05, 3.63) is 40.3 Å². The summed E-state index contributed by atoms with van der Waals surface area (Å²) in [6, 6.07) is 7.76. The van der Waals surface area contributed by atoms with Crippen molar-refractivity contribution in [2.45, 2.75) is 40.0 Å². The van der Waals surface area contributed by atoms with E-state index in [0.717, 1.165) is 35.7 Å². The van der Waals surface area contributed by atoms with Crippen molar-refractivity contribution in [1.82, 2.24) is 10.2 Å². The van der Waals surface area contributed by atoms with Crippen LogP contribution in [0.1, 0.15) is 44.2 Å². The van der Waals surface area contributed by atoms with E-state index in [9.17, 15) is 14.4 Å². The van der Waals surface area contributed by atoms with Crippen molar-refractivity contribution < 1.29 is 14.4 Å². The van der Waals surface area contributed by atoms with Gasteiger partial charge < -0.3 is 5.32 Å². The Balaban J connectivity index is 1.87. The average Bonchev–Trinajstić information content (AvgIpc) is 2.84. The molecule has 0 aromatic heterocycles. The molecule has 0 radical (unpaired) electrons. The van der Waals surface area contributed by atoms with Gasteiger partial charge in [0.2, 0.25) is 5.91 Å². The summed E-state index contributed by atoms with van der Waals surface area (Å²) < 4.78 is 0. The number of rotatable bonds is 8. The van der Waals surface area contributed by atoms with Crippen LogP contribution in [0.15, 0.2) is 29.2 Å². The van der Waals surface area contributed by atoms with Crippen LogP contribution in [0.2, 0.25) is 0 Å². The van der Waals surface area contributed by atoms with Crippen molar-refractivity contribution in [3.63, 3.8) is 0 Å². The lowest BCUT2D eigenvalue weighted by molar-refractivity contribution is -0.124. The second-order valence-electron chi connectivity index (χ2n) is 6.69. The van der Waals surface area contributed by atoms with Crippen molar-refractivity contribution >= 4 is 34.9 Å². The molecule has 1 aromatic rings. The summed E-state index contributed by atoms with van der Waals surface area (Å²) in [6.45, 7) is 6.63. The number of amides is 3. The van der Waals surface area contributed by atoms with Crippen molar-refractivity contribution in [1.29, 1.82) is 0 Å². The zero-order valence-electron chi connectivity index (χ0n) is 15.6. The lowest BCUT2D eigenvalue weighted by Crippen LogP contribution is -2.37. The van der Waals surface area contributed by atoms with E-state index in [2.05, 4.69) is 19.2 Å². The number of nitrogens with zero attached hydrogens (tertiary/aromatic N) is 1. The first-order valence-electron chi connectivity index (χ1n) is 8.99. The summed E-state index contributed by atoms with van der Waals surface area (Å²) in [6.07, 6.45) is 4.28. The molecule has 1 fully saturated rings. The number of nitrogens with one attached hydrogen (secondary N) is 1. The molecular weight excluding hydrogens is 348 g/mol. The van der Waals surface area contributed by atoms with Gasteiger partial charge in [-0.1, -0.05) is 56.5 Å². The Morgan fingerprint density at radius 1 is 1.27 bits per heavy atom. The SMILES string of the molecule is CCCC(C)CC(=O)NCCN1C(=O)S/C(=C/c2ccc(C)cc2)C1=O. The molecule has 5 nitrogen and oxygen atoms in total.